The molecule has 0 aliphatic heterocycles. The minimum Gasteiger partial charge on any atom is -0.396 e. The molecule has 2 rings (SSSR count). The summed E-state index contributed by atoms with van der Waals surface area (Å²) in [5.41, 5.74) is 8.09. The molecule has 0 spiro atoms. The molecule has 4 heteroatoms. The molecule has 1 aromatic heterocycles. The topological polar surface area (TPSA) is 62.0 Å². The molecule has 1 aromatic carbocycles. The Balaban J connectivity index is 0.00000112. The van der Waals surface area contributed by atoms with E-state index in [1.165, 1.54) is 0 Å². The first-order valence-electron chi connectivity index (χ1n) is 4.75. The van der Waals surface area contributed by atoms with Crippen LogP contribution >= 0.6 is 12.4 Å². The Labute approximate surface area is 94.7 Å². The molecule has 1 heterocycles. The van der Waals surface area contributed by atoms with Crippen molar-refractivity contribution in [2.45, 2.75) is 12.5 Å². The van der Waals surface area contributed by atoms with Gasteiger partial charge >= 0.3 is 0 Å². The average Bonchev–Trinajstić information content (AvgIpc) is 2.64. The van der Waals surface area contributed by atoms with E-state index in [2.05, 4.69) is 11.1 Å². The summed E-state index contributed by atoms with van der Waals surface area (Å²) in [5, 5.41) is 9.95. The molecule has 0 saturated heterocycles. The van der Waals surface area contributed by atoms with Gasteiger partial charge in [0.2, 0.25) is 0 Å². The zero-order valence-electron chi connectivity index (χ0n) is 8.31. The Kier molecular flexibility index (Phi) is 4.15. The van der Waals surface area contributed by atoms with Gasteiger partial charge in [-0.05, 0) is 35.6 Å². The molecule has 0 amide bonds. The minimum absolute atomic E-state index is 0. The zero-order valence-corrected chi connectivity index (χ0v) is 9.13. The highest BCUT2D eigenvalue weighted by molar-refractivity contribution is 5.85. The van der Waals surface area contributed by atoms with Crippen LogP contribution in [0, 0.1) is 0 Å². The predicted octanol–water partition coefficient (Wildman–Crippen LogP) is 1.97. The smallest absolute Gasteiger partial charge is 0.0454 e. The van der Waals surface area contributed by atoms with Crippen molar-refractivity contribution in [3.8, 4) is 0 Å². The summed E-state index contributed by atoms with van der Waals surface area (Å²) in [6.07, 6.45) is 2.52. The molecule has 0 saturated carbocycles. The second-order valence-electron chi connectivity index (χ2n) is 3.44. The molecule has 0 bridgehead atoms. The number of halogens is 1. The Morgan fingerprint density at radius 1 is 1.33 bits per heavy atom. The van der Waals surface area contributed by atoms with Crippen LogP contribution in [0.1, 0.15) is 18.0 Å². The normalized spacial score (nSPS) is 12.4. The number of hydrogen-bond donors (Lipinski definition) is 3. The van der Waals surface area contributed by atoms with Gasteiger partial charge in [0.1, 0.15) is 0 Å². The average molecular weight is 227 g/mol. The highest BCUT2D eigenvalue weighted by Gasteiger charge is 2.05. The first-order chi connectivity index (χ1) is 6.81. The van der Waals surface area contributed by atoms with E-state index in [-0.39, 0.29) is 25.1 Å². The van der Waals surface area contributed by atoms with Crippen molar-refractivity contribution in [1.29, 1.82) is 0 Å². The molecule has 2 aromatic rings. The van der Waals surface area contributed by atoms with Gasteiger partial charge in [0, 0.05) is 24.4 Å². The maximum atomic E-state index is 8.79. The van der Waals surface area contributed by atoms with Crippen molar-refractivity contribution in [3.63, 3.8) is 0 Å². The number of aliphatic hydroxyl groups excluding tert-OH is 1. The summed E-state index contributed by atoms with van der Waals surface area (Å²) < 4.78 is 0. The Morgan fingerprint density at radius 3 is 2.87 bits per heavy atom. The lowest BCUT2D eigenvalue weighted by molar-refractivity contribution is 0.276. The molecular formula is C11H15ClN2O. The largest absolute Gasteiger partial charge is 0.396 e. The fourth-order valence-electron chi connectivity index (χ4n) is 1.61. The van der Waals surface area contributed by atoms with Crippen molar-refractivity contribution < 1.29 is 5.11 Å². The third kappa shape index (κ3) is 2.50. The van der Waals surface area contributed by atoms with Gasteiger partial charge in [-0.25, -0.2) is 0 Å². The van der Waals surface area contributed by atoms with Gasteiger partial charge in [0.25, 0.3) is 0 Å². The third-order valence-electron chi connectivity index (χ3n) is 2.45. The second kappa shape index (κ2) is 5.16. The lowest BCUT2D eigenvalue weighted by Crippen LogP contribution is -2.11. The van der Waals surface area contributed by atoms with E-state index in [1.54, 1.807) is 0 Å². The molecule has 1 atom stereocenters. The number of hydrogen-bond acceptors (Lipinski definition) is 2. The highest BCUT2D eigenvalue weighted by Crippen LogP contribution is 2.19. The second-order valence-corrected chi connectivity index (χ2v) is 3.44. The number of aromatic amines is 1. The molecular weight excluding hydrogens is 212 g/mol. The maximum absolute atomic E-state index is 8.79. The summed E-state index contributed by atoms with van der Waals surface area (Å²) in [7, 11) is 0. The van der Waals surface area contributed by atoms with Crippen molar-refractivity contribution in [3.05, 3.63) is 36.0 Å². The molecule has 3 nitrogen and oxygen atoms in total. The van der Waals surface area contributed by atoms with E-state index in [1.807, 2.05) is 24.4 Å². The van der Waals surface area contributed by atoms with Crippen molar-refractivity contribution in [1.82, 2.24) is 4.98 Å². The summed E-state index contributed by atoms with van der Waals surface area (Å²) in [5.74, 6) is 0. The van der Waals surface area contributed by atoms with Crippen LogP contribution in [0.3, 0.4) is 0 Å². The number of fused-ring (bicyclic) bond motifs is 1. The zero-order chi connectivity index (χ0) is 9.97. The fourth-order valence-corrected chi connectivity index (χ4v) is 1.61. The van der Waals surface area contributed by atoms with Crippen LogP contribution in [0.2, 0.25) is 0 Å². The molecule has 82 valence electrons. The monoisotopic (exact) mass is 226 g/mol. The molecule has 0 unspecified atom stereocenters. The number of H-pyrrole nitrogens is 1. The van der Waals surface area contributed by atoms with Gasteiger partial charge in [-0.1, -0.05) is 6.07 Å². The predicted molar refractivity (Wildman–Crippen MR) is 64.2 cm³/mol. The van der Waals surface area contributed by atoms with E-state index < -0.39 is 0 Å². The quantitative estimate of drug-likeness (QED) is 0.750. The maximum Gasteiger partial charge on any atom is 0.0454 e. The molecule has 0 radical (unpaired) electrons. The molecule has 15 heavy (non-hydrogen) atoms. The number of aliphatic hydroxyl groups is 1. The molecule has 4 N–H and O–H groups in total. The van der Waals surface area contributed by atoms with E-state index in [9.17, 15) is 0 Å². The van der Waals surface area contributed by atoms with Gasteiger partial charge in [0.15, 0.2) is 0 Å². The van der Waals surface area contributed by atoms with Crippen molar-refractivity contribution in [2.24, 2.45) is 5.73 Å². The summed E-state index contributed by atoms with van der Waals surface area (Å²) >= 11 is 0. The van der Waals surface area contributed by atoms with E-state index in [0.717, 1.165) is 16.5 Å². The van der Waals surface area contributed by atoms with Crippen LogP contribution in [0.25, 0.3) is 10.9 Å². The van der Waals surface area contributed by atoms with Crippen LogP contribution in [0.15, 0.2) is 30.5 Å². The fraction of sp³-hybridized carbons (Fsp3) is 0.273. The van der Waals surface area contributed by atoms with E-state index >= 15 is 0 Å². The van der Waals surface area contributed by atoms with Crippen LogP contribution < -0.4 is 5.73 Å². The molecule has 0 aliphatic carbocycles. The van der Waals surface area contributed by atoms with Gasteiger partial charge < -0.3 is 15.8 Å². The SMILES string of the molecule is Cl.N[C@@H](CCO)c1ccc2[nH]ccc2c1. The van der Waals surface area contributed by atoms with Crippen molar-refractivity contribution in [2.75, 3.05) is 6.61 Å². The number of rotatable bonds is 3. The summed E-state index contributed by atoms with van der Waals surface area (Å²) in [6, 6.07) is 8.02. The summed E-state index contributed by atoms with van der Waals surface area (Å²) in [4.78, 5) is 3.13. The summed E-state index contributed by atoms with van der Waals surface area (Å²) in [6.45, 7) is 0.131. The van der Waals surface area contributed by atoms with Crippen LogP contribution in [0.5, 0.6) is 0 Å². The Morgan fingerprint density at radius 2 is 2.13 bits per heavy atom. The first kappa shape index (κ1) is 12.0. The number of benzene rings is 1. The van der Waals surface area contributed by atoms with E-state index in [4.69, 9.17) is 10.8 Å². The molecule has 0 fully saturated rings. The van der Waals surface area contributed by atoms with Crippen molar-refractivity contribution >= 4 is 23.3 Å². The van der Waals surface area contributed by atoms with Gasteiger partial charge in [-0.3, -0.25) is 0 Å². The lowest BCUT2D eigenvalue weighted by atomic mass is 10.0. The number of nitrogens with two attached hydrogens (primary N) is 1. The van der Waals surface area contributed by atoms with Gasteiger partial charge in [-0.15, -0.1) is 12.4 Å². The lowest BCUT2D eigenvalue weighted by Gasteiger charge is -2.09. The van der Waals surface area contributed by atoms with Crippen LogP contribution in [0.4, 0.5) is 0 Å². The first-order valence-corrected chi connectivity index (χ1v) is 4.75. The van der Waals surface area contributed by atoms with Crippen LogP contribution in [-0.2, 0) is 0 Å². The van der Waals surface area contributed by atoms with Gasteiger partial charge in [-0.2, -0.15) is 0 Å². The Bertz CT molecular complexity index is 427. The number of aromatic nitrogens is 1. The van der Waals surface area contributed by atoms with Gasteiger partial charge in [0.05, 0.1) is 0 Å². The third-order valence-corrected chi connectivity index (χ3v) is 2.45. The van der Waals surface area contributed by atoms with E-state index in [0.29, 0.717) is 6.42 Å². The standard InChI is InChI=1S/C11H14N2O.ClH/c12-10(4-6-14)8-1-2-11-9(7-8)3-5-13-11;/h1-3,5,7,10,13-14H,4,6,12H2;1H/t10-;/m0./s1. The Hall–Kier alpha value is -1.03. The minimum atomic E-state index is -0.0701. The molecule has 0 aliphatic rings. The van der Waals surface area contributed by atoms with Crippen LogP contribution in [-0.4, -0.2) is 16.7 Å². The highest BCUT2D eigenvalue weighted by atomic mass is 35.5. The number of nitrogens with one attached hydrogen (secondary N) is 1.